The van der Waals surface area contributed by atoms with Crippen LogP contribution in [0.15, 0.2) is 36.7 Å². The lowest BCUT2D eigenvalue weighted by atomic mass is 10.1. The number of benzene rings is 1. The Morgan fingerprint density at radius 1 is 1.16 bits per heavy atom. The number of nitrogens with two attached hydrogens (primary N) is 1. The molecule has 104 valence electrons. The standard InChI is InChI=1S/C15H24N4/c1-13(2)17-11-19-10-9-18(12-19)8-7-14-3-5-15(16)6-4-14/h3-6,9-10,13,17H,7-8,11-12,16H2,1-2H3. The summed E-state index contributed by atoms with van der Waals surface area (Å²) in [7, 11) is 0. The number of hydrogen-bond acceptors (Lipinski definition) is 4. The number of rotatable bonds is 6. The van der Waals surface area contributed by atoms with Crippen LogP contribution in [0.1, 0.15) is 19.4 Å². The summed E-state index contributed by atoms with van der Waals surface area (Å²) in [5.74, 6) is 0. The minimum atomic E-state index is 0.525. The highest BCUT2D eigenvalue weighted by Crippen LogP contribution is 2.10. The summed E-state index contributed by atoms with van der Waals surface area (Å²) in [5.41, 5.74) is 7.85. The fourth-order valence-corrected chi connectivity index (χ4v) is 2.02. The first-order valence-corrected chi connectivity index (χ1v) is 6.88. The van der Waals surface area contributed by atoms with Gasteiger partial charge in [0, 0.05) is 30.7 Å². The first kappa shape index (κ1) is 13.7. The monoisotopic (exact) mass is 260 g/mol. The maximum Gasteiger partial charge on any atom is 0.0905 e. The molecule has 19 heavy (non-hydrogen) atoms. The summed E-state index contributed by atoms with van der Waals surface area (Å²) in [4.78, 5) is 4.61. The van der Waals surface area contributed by atoms with Crippen molar-refractivity contribution >= 4 is 5.69 Å². The van der Waals surface area contributed by atoms with Crippen molar-refractivity contribution in [2.75, 3.05) is 25.6 Å². The van der Waals surface area contributed by atoms with Gasteiger partial charge in [-0.3, -0.25) is 5.32 Å². The van der Waals surface area contributed by atoms with Crippen LogP contribution in [0.25, 0.3) is 0 Å². The van der Waals surface area contributed by atoms with Crippen LogP contribution < -0.4 is 11.1 Å². The zero-order valence-electron chi connectivity index (χ0n) is 11.8. The molecule has 1 heterocycles. The van der Waals surface area contributed by atoms with Gasteiger partial charge >= 0.3 is 0 Å². The molecule has 0 saturated carbocycles. The number of nitrogens with one attached hydrogen (secondary N) is 1. The fraction of sp³-hybridized carbons (Fsp3) is 0.467. The molecule has 0 fully saturated rings. The van der Waals surface area contributed by atoms with Gasteiger partial charge in [0.1, 0.15) is 0 Å². The van der Waals surface area contributed by atoms with Gasteiger partial charge in [-0.05, 0) is 38.0 Å². The average molecular weight is 260 g/mol. The van der Waals surface area contributed by atoms with E-state index in [1.807, 2.05) is 12.1 Å². The van der Waals surface area contributed by atoms with Crippen LogP contribution in [0.3, 0.4) is 0 Å². The Labute approximate surface area is 115 Å². The van der Waals surface area contributed by atoms with E-state index in [2.05, 4.69) is 53.5 Å². The zero-order valence-corrected chi connectivity index (χ0v) is 11.8. The molecule has 0 spiro atoms. The van der Waals surface area contributed by atoms with Crippen molar-refractivity contribution in [3.8, 4) is 0 Å². The zero-order chi connectivity index (χ0) is 13.7. The van der Waals surface area contributed by atoms with Crippen molar-refractivity contribution in [3.63, 3.8) is 0 Å². The van der Waals surface area contributed by atoms with E-state index in [1.54, 1.807) is 0 Å². The molecule has 0 aliphatic carbocycles. The summed E-state index contributed by atoms with van der Waals surface area (Å²) in [6.45, 7) is 7.25. The quantitative estimate of drug-likeness (QED) is 0.766. The lowest BCUT2D eigenvalue weighted by molar-refractivity contribution is 0.248. The summed E-state index contributed by atoms with van der Waals surface area (Å²) in [5, 5.41) is 3.42. The topological polar surface area (TPSA) is 44.5 Å². The Morgan fingerprint density at radius 3 is 2.53 bits per heavy atom. The normalized spacial score (nSPS) is 14.7. The highest BCUT2D eigenvalue weighted by Gasteiger charge is 2.11. The van der Waals surface area contributed by atoms with E-state index in [4.69, 9.17) is 5.73 Å². The lowest BCUT2D eigenvalue weighted by Crippen LogP contribution is -2.36. The van der Waals surface area contributed by atoms with E-state index >= 15 is 0 Å². The number of hydrogen-bond donors (Lipinski definition) is 2. The number of anilines is 1. The second-order valence-electron chi connectivity index (χ2n) is 5.35. The van der Waals surface area contributed by atoms with Crippen LogP contribution in [0.2, 0.25) is 0 Å². The maximum atomic E-state index is 5.69. The second-order valence-corrected chi connectivity index (χ2v) is 5.35. The van der Waals surface area contributed by atoms with Gasteiger partial charge in [-0.25, -0.2) is 0 Å². The Balaban J connectivity index is 1.71. The van der Waals surface area contributed by atoms with Gasteiger partial charge < -0.3 is 15.5 Å². The summed E-state index contributed by atoms with van der Waals surface area (Å²) < 4.78 is 0. The molecular weight excluding hydrogens is 236 g/mol. The molecule has 1 aliphatic rings. The minimum Gasteiger partial charge on any atom is -0.399 e. The van der Waals surface area contributed by atoms with Crippen LogP contribution in [0, 0.1) is 0 Å². The molecule has 1 aromatic rings. The first-order valence-electron chi connectivity index (χ1n) is 6.88. The van der Waals surface area contributed by atoms with Crippen molar-refractivity contribution in [2.45, 2.75) is 26.3 Å². The van der Waals surface area contributed by atoms with Gasteiger partial charge in [-0.15, -0.1) is 0 Å². The molecule has 1 aromatic carbocycles. The van der Waals surface area contributed by atoms with E-state index in [-0.39, 0.29) is 0 Å². The van der Waals surface area contributed by atoms with Crippen LogP contribution >= 0.6 is 0 Å². The molecule has 0 atom stereocenters. The third-order valence-corrected chi connectivity index (χ3v) is 3.22. The van der Waals surface area contributed by atoms with E-state index in [0.717, 1.165) is 32.0 Å². The average Bonchev–Trinajstić information content (AvgIpc) is 2.84. The molecule has 0 amide bonds. The Morgan fingerprint density at radius 2 is 1.84 bits per heavy atom. The van der Waals surface area contributed by atoms with Crippen molar-refractivity contribution in [2.24, 2.45) is 0 Å². The molecule has 1 aliphatic heterocycles. The van der Waals surface area contributed by atoms with E-state index < -0.39 is 0 Å². The van der Waals surface area contributed by atoms with Crippen molar-refractivity contribution < 1.29 is 0 Å². The predicted octanol–water partition coefficient (Wildman–Crippen LogP) is 1.81. The van der Waals surface area contributed by atoms with Crippen LogP contribution in [0.4, 0.5) is 5.69 Å². The number of nitrogens with zero attached hydrogens (tertiary/aromatic N) is 2. The molecule has 0 unspecified atom stereocenters. The highest BCUT2D eigenvalue weighted by molar-refractivity contribution is 5.39. The minimum absolute atomic E-state index is 0.525. The smallest absolute Gasteiger partial charge is 0.0905 e. The Bertz CT molecular complexity index is 411. The molecule has 3 N–H and O–H groups in total. The molecule has 0 bridgehead atoms. The molecule has 0 aromatic heterocycles. The summed E-state index contributed by atoms with van der Waals surface area (Å²) >= 11 is 0. The lowest BCUT2D eigenvalue weighted by Gasteiger charge is -2.22. The molecule has 0 saturated heterocycles. The molecule has 0 radical (unpaired) electrons. The second kappa shape index (κ2) is 6.48. The van der Waals surface area contributed by atoms with Crippen molar-refractivity contribution in [1.82, 2.24) is 15.1 Å². The van der Waals surface area contributed by atoms with E-state index in [1.165, 1.54) is 5.56 Å². The molecular formula is C15H24N4. The van der Waals surface area contributed by atoms with Crippen LogP contribution in [-0.2, 0) is 6.42 Å². The largest absolute Gasteiger partial charge is 0.399 e. The SMILES string of the molecule is CC(C)NCN1C=CN(CCc2ccc(N)cc2)C1. The van der Waals surface area contributed by atoms with Gasteiger partial charge in [-0.2, -0.15) is 0 Å². The van der Waals surface area contributed by atoms with E-state index in [9.17, 15) is 0 Å². The summed E-state index contributed by atoms with van der Waals surface area (Å²) in [6, 6.07) is 8.67. The highest BCUT2D eigenvalue weighted by atomic mass is 15.4. The predicted molar refractivity (Wildman–Crippen MR) is 80.2 cm³/mol. The van der Waals surface area contributed by atoms with Gasteiger partial charge in [0.2, 0.25) is 0 Å². The molecule has 4 heteroatoms. The van der Waals surface area contributed by atoms with Gasteiger partial charge in [0.15, 0.2) is 0 Å². The van der Waals surface area contributed by atoms with Crippen LogP contribution in [-0.4, -0.2) is 35.7 Å². The van der Waals surface area contributed by atoms with Gasteiger partial charge in [0.05, 0.1) is 13.3 Å². The van der Waals surface area contributed by atoms with E-state index in [0.29, 0.717) is 6.04 Å². The summed E-state index contributed by atoms with van der Waals surface area (Å²) in [6.07, 6.45) is 5.37. The Hall–Kier alpha value is -1.68. The molecule has 4 nitrogen and oxygen atoms in total. The van der Waals surface area contributed by atoms with Gasteiger partial charge in [0.25, 0.3) is 0 Å². The Kier molecular flexibility index (Phi) is 4.68. The number of nitrogen functional groups attached to an aromatic ring is 1. The maximum absolute atomic E-state index is 5.69. The van der Waals surface area contributed by atoms with Gasteiger partial charge in [-0.1, -0.05) is 12.1 Å². The molecule has 2 rings (SSSR count). The third kappa shape index (κ3) is 4.48. The van der Waals surface area contributed by atoms with Crippen molar-refractivity contribution in [3.05, 3.63) is 42.2 Å². The first-order chi connectivity index (χ1) is 9.13. The third-order valence-electron chi connectivity index (χ3n) is 3.22. The van der Waals surface area contributed by atoms with Crippen LogP contribution in [0.5, 0.6) is 0 Å². The van der Waals surface area contributed by atoms with Crippen molar-refractivity contribution in [1.29, 1.82) is 0 Å². The fourth-order valence-electron chi connectivity index (χ4n) is 2.02.